The van der Waals surface area contributed by atoms with Crippen molar-refractivity contribution in [1.29, 1.82) is 0 Å². The third-order valence-electron chi connectivity index (χ3n) is 2.72. The molecule has 3 nitrogen and oxygen atoms in total. The highest BCUT2D eigenvalue weighted by atomic mass is 79.9. The summed E-state index contributed by atoms with van der Waals surface area (Å²) in [7, 11) is 0. The molecule has 1 aromatic rings. The van der Waals surface area contributed by atoms with Gasteiger partial charge in [0.1, 0.15) is 0 Å². The Morgan fingerprint density at radius 2 is 2.12 bits per heavy atom. The van der Waals surface area contributed by atoms with E-state index in [0.29, 0.717) is 6.54 Å². The summed E-state index contributed by atoms with van der Waals surface area (Å²) in [6.45, 7) is 6.59. The van der Waals surface area contributed by atoms with Crippen molar-refractivity contribution >= 4 is 27.5 Å². The molecule has 0 fully saturated rings. The molecular weight excluding hydrogens is 280 g/mol. The van der Waals surface area contributed by atoms with Gasteiger partial charge in [-0.15, -0.1) is 0 Å². The smallest absolute Gasteiger partial charge is 0.238 e. The van der Waals surface area contributed by atoms with E-state index in [9.17, 15) is 4.79 Å². The van der Waals surface area contributed by atoms with Crippen molar-refractivity contribution in [2.75, 3.05) is 11.9 Å². The molecule has 1 amide bonds. The van der Waals surface area contributed by atoms with Crippen molar-refractivity contribution in [2.45, 2.75) is 32.7 Å². The lowest BCUT2D eigenvalue weighted by Crippen LogP contribution is -2.43. The maximum Gasteiger partial charge on any atom is 0.238 e. The molecule has 0 aliphatic rings. The van der Waals surface area contributed by atoms with Gasteiger partial charge in [-0.25, -0.2) is 0 Å². The molecule has 1 rings (SSSR count). The molecule has 0 bridgehead atoms. The molecule has 4 heteroatoms. The Labute approximate surface area is 111 Å². The van der Waals surface area contributed by atoms with E-state index in [1.807, 2.05) is 24.3 Å². The predicted octanol–water partition coefficient (Wildman–Crippen LogP) is 3.17. The first-order valence-corrected chi connectivity index (χ1v) is 6.53. The minimum atomic E-state index is -0.0235. The van der Waals surface area contributed by atoms with Crippen molar-refractivity contribution in [1.82, 2.24) is 5.32 Å². The second-order valence-electron chi connectivity index (χ2n) is 4.65. The zero-order valence-electron chi connectivity index (χ0n) is 10.5. The number of amides is 1. The van der Waals surface area contributed by atoms with Gasteiger partial charge < -0.3 is 10.6 Å². The quantitative estimate of drug-likeness (QED) is 0.877. The van der Waals surface area contributed by atoms with E-state index >= 15 is 0 Å². The number of benzene rings is 1. The molecule has 1 aromatic carbocycles. The average molecular weight is 299 g/mol. The van der Waals surface area contributed by atoms with Crippen LogP contribution in [0.5, 0.6) is 0 Å². The van der Waals surface area contributed by atoms with Crippen molar-refractivity contribution in [2.24, 2.45) is 0 Å². The molecular formula is C13H19BrN2O. The zero-order valence-corrected chi connectivity index (χ0v) is 12.1. The van der Waals surface area contributed by atoms with Gasteiger partial charge >= 0.3 is 0 Å². The summed E-state index contributed by atoms with van der Waals surface area (Å²) in [4.78, 5) is 11.7. The maximum absolute atomic E-state index is 11.7. The number of carbonyl (C=O) groups is 1. The summed E-state index contributed by atoms with van der Waals surface area (Å²) in [5.41, 5.74) is 0.801. The largest absolute Gasteiger partial charge is 0.325 e. The minimum absolute atomic E-state index is 0.00535. The lowest BCUT2D eigenvalue weighted by atomic mass is 10.0. The van der Waals surface area contributed by atoms with Crippen LogP contribution in [-0.2, 0) is 4.79 Å². The van der Waals surface area contributed by atoms with Gasteiger partial charge in [-0.05, 0) is 38.5 Å². The number of hydrogen-bond donors (Lipinski definition) is 2. The summed E-state index contributed by atoms with van der Waals surface area (Å²) >= 11 is 3.37. The van der Waals surface area contributed by atoms with Crippen LogP contribution >= 0.6 is 15.9 Å². The van der Waals surface area contributed by atoms with Crippen LogP contribution in [0.3, 0.4) is 0 Å². The van der Waals surface area contributed by atoms with Crippen LogP contribution in [0.25, 0.3) is 0 Å². The van der Waals surface area contributed by atoms with Crippen molar-refractivity contribution in [3.8, 4) is 0 Å². The standard InChI is InChI=1S/C13H19BrN2O/c1-4-13(2,3)15-9-12(17)16-11-7-5-6-10(14)8-11/h5-8,15H,4,9H2,1-3H3,(H,16,17). The molecule has 0 saturated heterocycles. The third kappa shape index (κ3) is 5.33. The molecule has 0 spiro atoms. The van der Waals surface area contributed by atoms with Crippen molar-refractivity contribution in [3.05, 3.63) is 28.7 Å². The molecule has 0 saturated carbocycles. The van der Waals surface area contributed by atoms with Crippen LogP contribution in [0, 0.1) is 0 Å². The Morgan fingerprint density at radius 1 is 1.41 bits per heavy atom. The van der Waals surface area contributed by atoms with Gasteiger partial charge in [-0.2, -0.15) is 0 Å². The fourth-order valence-corrected chi connectivity index (χ4v) is 1.62. The van der Waals surface area contributed by atoms with E-state index in [1.165, 1.54) is 0 Å². The second kappa shape index (κ2) is 6.17. The number of rotatable bonds is 5. The van der Waals surface area contributed by atoms with Crippen LogP contribution in [0.4, 0.5) is 5.69 Å². The fraction of sp³-hybridized carbons (Fsp3) is 0.462. The molecule has 0 aliphatic carbocycles. The van der Waals surface area contributed by atoms with Gasteiger partial charge in [0.25, 0.3) is 0 Å². The summed E-state index contributed by atoms with van der Waals surface area (Å²) < 4.78 is 0.956. The van der Waals surface area contributed by atoms with Gasteiger partial charge in [0, 0.05) is 15.7 Å². The van der Waals surface area contributed by atoms with Gasteiger partial charge in [0.05, 0.1) is 6.54 Å². The van der Waals surface area contributed by atoms with Crippen LogP contribution in [0.2, 0.25) is 0 Å². The second-order valence-corrected chi connectivity index (χ2v) is 5.57. The van der Waals surface area contributed by atoms with Gasteiger partial charge in [-0.3, -0.25) is 4.79 Å². The molecule has 2 N–H and O–H groups in total. The van der Waals surface area contributed by atoms with E-state index in [4.69, 9.17) is 0 Å². The van der Waals surface area contributed by atoms with Gasteiger partial charge in [0.15, 0.2) is 0 Å². The first-order chi connectivity index (χ1) is 7.93. The van der Waals surface area contributed by atoms with Crippen LogP contribution in [0.15, 0.2) is 28.7 Å². The van der Waals surface area contributed by atoms with E-state index < -0.39 is 0 Å². The third-order valence-corrected chi connectivity index (χ3v) is 3.21. The Bertz CT molecular complexity index is 391. The topological polar surface area (TPSA) is 41.1 Å². The van der Waals surface area contributed by atoms with E-state index in [1.54, 1.807) is 0 Å². The van der Waals surface area contributed by atoms with Crippen molar-refractivity contribution < 1.29 is 4.79 Å². The maximum atomic E-state index is 11.7. The highest BCUT2D eigenvalue weighted by Gasteiger charge is 2.15. The number of hydrogen-bond acceptors (Lipinski definition) is 2. The molecule has 17 heavy (non-hydrogen) atoms. The van der Waals surface area contributed by atoms with Gasteiger partial charge in [0.2, 0.25) is 5.91 Å². The zero-order chi connectivity index (χ0) is 12.9. The monoisotopic (exact) mass is 298 g/mol. The first kappa shape index (κ1) is 14.2. The molecule has 0 atom stereocenters. The molecule has 0 aromatic heterocycles. The Morgan fingerprint density at radius 3 is 2.71 bits per heavy atom. The Hall–Kier alpha value is -0.870. The summed E-state index contributed by atoms with van der Waals surface area (Å²) in [5.74, 6) is -0.0235. The molecule has 0 aliphatic heterocycles. The van der Waals surface area contributed by atoms with E-state index in [-0.39, 0.29) is 11.4 Å². The Kier molecular flexibility index (Phi) is 5.15. The fourth-order valence-electron chi connectivity index (χ4n) is 1.22. The number of carbonyl (C=O) groups excluding carboxylic acids is 1. The van der Waals surface area contributed by atoms with E-state index in [2.05, 4.69) is 47.3 Å². The summed E-state index contributed by atoms with van der Waals surface area (Å²) in [6, 6.07) is 7.56. The lowest BCUT2D eigenvalue weighted by Gasteiger charge is -2.24. The van der Waals surface area contributed by atoms with Crippen molar-refractivity contribution in [3.63, 3.8) is 0 Å². The van der Waals surface area contributed by atoms with Gasteiger partial charge in [-0.1, -0.05) is 28.9 Å². The highest BCUT2D eigenvalue weighted by molar-refractivity contribution is 9.10. The summed E-state index contributed by atoms with van der Waals surface area (Å²) in [5, 5.41) is 6.07. The number of nitrogens with one attached hydrogen (secondary N) is 2. The molecule has 0 heterocycles. The summed E-state index contributed by atoms with van der Waals surface area (Å²) in [6.07, 6.45) is 0.983. The highest BCUT2D eigenvalue weighted by Crippen LogP contribution is 2.15. The number of halogens is 1. The van der Waals surface area contributed by atoms with Crippen LogP contribution in [-0.4, -0.2) is 18.0 Å². The predicted molar refractivity (Wildman–Crippen MR) is 75.1 cm³/mol. The SMILES string of the molecule is CCC(C)(C)NCC(=O)Nc1cccc(Br)c1. The normalized spacial score (nSPS) is 11.3. The molecule has 0 radical (unpaired) electrons. The first-order valence-electron chi connectivity index (χ1n) is 5.73. The number of anilines is 1. The molecule has 94 valence electrons. The Balaban J connectivity index is 2.45. The molecule has 0 unspecified atom stereocenters. The minimum Gasteiger partial charge on any atom is -0.325 e. The van der Waals surface area contributed by atoms with E-state index in [0.717, 1.165) is 16.6 Å². The van der Waals surface area contributed by atoms with Crippen LogP contribution in [0.1, 0.15) is 27.2 Å². The lowest BCUT2D eigenvalue weighted by molar-refractivity contribution is -0.115. The van der Waals surface area contributed by atoms with Crippen LogP contribution < -0.4 is 10.6 Å². The average Bonchev–Trinajstić information content (AvgIpc) is 2.27.